The molecule has 0 aromatic heterocycles. The van der Waals surface area contributed by atoms with Gasteiger partial charge in [-0.15, -0.1) is 6.58 Å². The van der Waals surface area contributed by atoms with Gasteiger partial charge in [0.2, 0.25) is 0 Å². The van der Waals surface area contributed by atoms with Gasteiger partial charge < -0.3 is 9.80 Å². The third kappa shape index (κ3) is 5.77. The number of hydrogen-bond acceptors (Lipinski definition) is 2. The van der Waals surface area contributed by atoms with E-state index in [9.17, 15) is 0 Å². The van der Waals surface area contributed by atoms with Crippen LogP contribution >= 0.6 is 0 Å². The van der Waals surface area contributed by atoms with Gasteiger partial charge in [-0.2, -0.15) is 0 Å². The van der Waals surface area contributed by atoms with Crippen LogP contribution in [0, 0.1) is 11.8 Å². The number of rotatable bonds is 9. The molecule has 4 atom stereocenters. The number of hydrogen-bond donors (Lipinski definition) is 0. The van der Waals surface area contributed by atoms with E-state index in [-0.39, 0.29) is 0 Å². The van der Waals surface area contributed by atoms with Gasteiger partial charge in [0.1, 0.15) is 0 Å². The van der Waals surface area contributed by atoms with Crippen molar-refractivity contribution in [3.05, 3.63) is 156 Å². The van der Waals surface area contributed by atoms with Gasteiger partial charge in [0.15, 0.2) is 0 Å². The molecule has 5 aliphatic rings. The van der Waals surface area contributed by atoms with E-state index in [1.807, 2.05) is 6.08 Å². The predicted molar refractivity (Wildman–Crippen MR) is 170 cm³/mol. The van der Waals surface area contributed by atoms with Crippen molar-refractivity contribution < 1.29 is 0 Å². The van der Waals surface area contributed by atoms with E-state index in [0.717, 1.165) is 38.5 Å². The Morgan fingerprint density at radius 2 is 1.57 bits per heavy atom. The maximum Gasteiger partial charge on any atom is 0.0556 e. The highest BCUT2D eigenvalue weighted by Crippen LogP contribution is 2.36. The summed E-state index contributed by atoms with van der Waals surface area (Å²) in [7, 11) is 0. The van der Waals surface area contributed by atoms with Crippen LogP contribution < -0.4 is 10.4 Å². The van der Waals surface area contributed by atoms with E-state index in [1.165, 1.54) is 27.5 Å². The fourth-order valence-electron chi connectivity index (χ4n) is 6.37. The van der Waals surface area contributed by atoms with Gasteiger partial charge in [-0.25, -0.2) is 0 Å². The van der Waals surface area contributed by atoms with Gasteiger partial charge in [-0.1, -0.05) is 109 Å². The lowest BCUT2D eigenvalue weighted by atomic mass is 9.83. The van der Waals surface area contributed by atoms with Crippen LogP contribution in [0.2, 0.25) is 0 Å². The summed E-state index contributed by atoms with van der Waals surface area (Å²) in [5.41, 5.74) is 4.11. The molecule has 0 aliphatic heterocycles. The third-order valence-electron chi connectivity index (χ3n) is 8.50. The Hall–Kier alpha value is -4.04. The quantitative estimate of drug-likeness (QED) is 0.246. The van der Waals surface area contributed by atoms with Crippen LogP contribution in [-0.2, 0) is 0 Å². The predicted octanol–water partition coefficient (Wildman–Crippen LogP) is 7.36. The van der Waals surface area contributed by atoms with E-state index in [2.05, 4.69) is 144 Å². The molecule has 0 saturated carbocycles. The van der Waals surface area contributed by atoms with Crippen molar-refractivity contribution in [3.8, 4) is 0 Å². The lowest BCUT2D eigenvalue weighted by molar-refractivity contribution is 0.339. The van der Waals surface area contributed by atoms with E-state index in [1.54, 1.807) is 0 Å². The zero-order chi connectivity index (χ0) is 27.1. The maximum atomic E-state index is 3.90. The van der Waals surface area contributed by atoms with Crippen molar-refractivity contribution in [2.75, 3.05) is 0 Å². The zero-order valence-electron chi connectivity index (χ0n) is 23.4. The topological polar surface area (TPSA) is 6.48 Å². The van der Waals surface area contributed by atoms with Crippen molar-refractivity contribution >= 4 is 12.2 Å². The molecule has 0 heterocycles. The third-order valence-corrected chi connectivity index (χ3v) is 8.50. The highest BCUT2D eigenvalue weighted by molar-refractivity contribution is 5.45. The normalized spacial score (nSPS) is 26.1. The zero-order valence-corrected chi connectivity index (χ0v) is 23.4. The molecule has 40 heavy (non-hydrogen) atoms. The van der Waals surface area contributed by atoms with Gasteiger partial charge in [-0.3, -0.25) is 0 Å². The first-order valence-electron chi connectivity index (χ1n) is 14.9. The second-order valence-electron chi connectivity index (χ2n) is 11.1. The number of allylic oxidation sites excluding steroid dienone is 15. The Bertz CT molecular complexity index is 1500. The van der Waals surface area contributed by atoms with Crippen LogP contribution in [0.5, 0.6) is 0 Å². The lowest BCUT2D eigenvalue weighted by Crippen LogP contribution is -2.38. The minimum atomic E-state index is 0.325. The molecule has 1 aromatic carbocycles. The summed E-state index contributed by atoms with van der Waals surface area (Å²) >= 11 is 0. The molecule has 0 bridgehead atoms. The standard InChI is InChI=1S/C38H40N2/c1-2-3-4-12-27-39(37-21-19-30-13-8-10-15-32(30)28-37)34-23-25-36(26-24-34)40(35-17-6-5-7-18-35)38-22-20-31-14-9-11-16-33(31)29-38/h2,5-17,19-20,22-23,25,27-29,31,33,35,37H,1,3-4,18,21,24,26H2/b27-12+. The first kappa shape index (κ1) is 26.2. The first-order valence-corrected chi connectivity index (χ1v) is 14.9. The van der Waals surface area contributed by atoms with Crippen LogP contribution in [-0.4, -0.2) is 21.9 Å². The van der Waals surface area contributed by atoms with E-state index < -0.39 is 0 Å². The van der Waals surface area contributed by atoms with Crippen LogP contribution in [0.3, 0.4) is 0 Å². The lowest BCUT2D eigenvalue weighted by Gasteiger charge is -2.40. The van der Waals surface area contributed by atoms with E-state index in [4.69, 9.17) is 0 Å². The largest absolute Gasteiger partial charge is 0.345 e. The van der Waals surface area contributed by atoms with E-state index >= 15 is 0 Å². The Morgan fingerprint density at radius 1 is 0.775 bits per heavy atom. The summed E-state index contributed by atoms with van der Waals surface area (Å²) in [5.74, 6) is 0.905. The fraction of sp³-hybridized carbons (Fsp3) is 0.263. The maximum absolute atomic E-state index is 3.90. The SMILES string of the molecule is C=CCC/C=C/N(C1=CC=C(N(C2=CC3C=CC=CC3C=C2)C2C=CC=CC2)CC1)C1C=c2ccccc2=CC1. The monoisotopic (exact) mass is 524 g/mol. The van der Waals surface area contributed by atoms with Crippen molar-refractivity contribution in [3.63, 3.8) is 0 Å². The smallest absolute Gasteiger partial charge is 0.0556 e. The van der Waals surface area contributed by atoms with Crippen molar-refractivity contribution in [2.24, 2.45) is 11.8 Å². The second-order valence-corrected chi connectivity index (χ2v) is 11.1. The summed E-state index contributed by atoms with van der Waals surface area (Å²) in [6, 6.07) is 9.40. The van der Waals surface area contributed by atoms with Crippen LogP contribution in [0.25, 0.3) is 12.2 Å². The molecular formula is C38H40N2. The molecule has 2 heteroatoms. The van der Waals surface area contributed by atoms with Gasteiger partial charge in [-0.05, 0) is 67.2 Å². The molecule has 0 amide bonds. The van der Waals surface area contributed by atoms with Crippen molar-refractivity contribution in [1.82, 2.24) is 9.80 Å². The van der Waals surface area contributed by atoms with Gasteiger partial charge in [0.05, 0.1) is 12.1 Å². The number of fused-ring (bicyclic) bond motifs is 2. The average Bonchev–Trinajstić information content (AvgIpc) is 3.02. The Labute approximate surface area is 239 Å². The Kier molecular flexibility index (Phi) is 8.14. The fourth-order valence-corrected chi connectivity index (χ4v) is 6.37. The van der Waals surface area contributed by atoms with Crippen molar-refractivity contribution in [1.29, 1.82) is 0 Å². The Morgan fingerprint density at radius 3 is 2.38 bits per heavy atom. The van der Waals surface area contributed by atoms with Gasteiger partial charge in [0, 0.05) is 35.1 Å². The molecule has 2 nitrogen and oxygen atoms in total. The molecule has 202 valence electrons. The first-order chi connectivity index (χ1) is 19.8. The van der Waals surface area contributed by atoms with Crippen LogP contribution in [0.1, 0.15) is 38.5 Å². The van der Waals surface area contributed by atoms with E-state index in [0.29, 0.717) is 23.9 Å². The van der Waals surface area contributed by atoms with Crippen molar-refractivity contribution in [2.45, 2.75) is 50.6 Å². The molecule has 1 aromatic rings. The number of unbranched alkanes of at least 4 members (excludes halogenated alkanes) is 1. The minimum absolute atomic E-state index is 0.325. The van der Waals surface area contributed by atoms with Gasteiger partial charge >= 0.3 is 0 Å². The van der Waals surface area contributed by atoms with Gasteiger partial charge in [0.25, 0.3) is 0 Å². The summed E-state index contributed by atoms with van der Waals surface area (Å²) in [4.78, 5) is 5.10. The minimum Gasteiger partial charge on any atom is -0.345 e. The molecule has 0 spiro atoms. The second kappa shape index (κ2) is 12.4. The molecule has 5 aliphatic carbocycles. The Balaban J connectivity index is 1.31. The molecule has 4 unspecified atom stereocenters. The highest BCUT2D eigenvalue weighted by atomic mass is 15.2. The molecule has 0 fully saturated rings. The summed E-state index contributed by atoms with van der Waals surface area (Å²) < 4.78 is 0. The summed E-state index contributed by atoms with van der Waals surface area (Å²) in [5, 5.41) is 2.68. The van der Waals surface area contributed by atoms with Crippen LogP contribution in [0.15, 0.2) is 145 Å². The van der Waals surface area contributed by atoms with Crippen LogP contribution in [0.4, 0.5) is 0 Å². The molecule has 0 radical (unpaired) electrons. The molecule has 6 rings (SSSR count). The highest BCUT2D eigenvalue weighted by Gasteiger charge is 2.28. The number of benzene rings is 1. The average molecular weight is 525 g/mol. The molecular weight excluding hydrogens is 484 g/mol. The number of nitrogens with zero attached hydrogens (tertiary/aromatic N) is 2. The molecule has 0 N–H and O–H groups in total. The molecule has 0 saturated heterocycles. The summed E-state index contributed by atoms with van der Waals surface area (Å²) in [6.07, 6.45) is 47.6. The summed E-state index contributed by atoms with van der Waals surface area (Å²) in [6.45, 7) is 3.90.